The van der Waals surface area contributed by atoms with Crippen LogP contribution in [0.5, 0.6) is 0 Å². The van der Waals surface area contributed by atoms with Crippen LogP contribution in [-0.4, -0.2) is 35.6 Å². The van der Waals surface area contributed by atoms with Crippen molar-refractivity contribution >= 4 is 17.9 Å². The molecule has 0 spiro atoms. The van der Waals surface area contributed by atoms with Crippen molar-refractivity contribution in [2.45, 2.75) is 50.9 Å². The van der Waals surface area contributed by atoms with Crippen molar-refractivity contribution in [2.24, 2.45) is 0 Å². The molecule has 0 radical (unpaired) electrons. The quantitative estimate of drug-likeness (QED) is 0.383. The molecule has 1 heterocycles. The SMILES string of the molecule is CC(C(Cc1ccc(Cl)cc1)c1cccc(C#N)c1)N1CC(C(F)(F)F)=CC=C1OC(C)(C)C=O. The number of aldehydes is 1. The van der Waals surface area contributed by atoms with Crippen LogP contribution in [0, 0.1) is 11.3 Å². The van der Waals surface area contributed by atoms with E-state index in [-0.39, 0.29) is 11.8 Å². The van der Waals surface area contributed by atoms with Crippen molar-refractivity contribution in [1.82, 2.24) is 4.90 Å². The molecule has 0 bridgehead atoms. The first kappa shape index (κ1) is 26.4. The first-order chi connectivity index (χ1) is 16.4. The standard InChI is InChI=1S/C27H26ClF3N2O2/c1-18(33-16-22(27(29,30)31)9-12-25(33)35-26(2,3)17-34)24(14-19-7-10-23(28)11-8-19)21-6-4-5-20(13-21)15-32/h4-13,17-18,24H,14,16H2,1-3H3. The number of hydrogen-bond donors (Lipinski definition) is 0. The summed E-state index contributed by atoms with van der Waals surface area (Å²) < 4.78 is 46.8. The first-order valence-electron chi connectivity index (χ1n) is 11.1. The van der Waals surface area contributed by atoms with Gasteiger partial charge in [0.25, 0.3) is 0 Å². The molecule has 0 aromatic heterocycles. The summed E-state index contributed by atoms with van der Waals surface area (Å²) in [7, 11) is 0. The fourth-order valence-corrected chi connectivity index (χ4v) is 4.12. The zero-order valence-corrected chi connectivity index (χ0v) is 20.4. The molecule has 2 aromatic carbocycles. The Balaban J connectivity index is 2.05. The van der Waals surface area contributed by atoms with E-state index in [1.165, 1.54) is 11.0 Å². The molecule has 0 aliphatic carbocycles. The van der Waals surface area contributed by atoms with Crippen LogP contribution in [0.3, 0.4) is 0 Å². The van der Waals surface area contributed by atoms with Crippen LogP contribution < -0.4 is 0 Å². The second-order valence-corrected chi connectivity index (χ2v) is 9.50. The largest absolute Gasteiger partial charge is 0.465 e. The van der Waals surface area contributed by atoms with Crippen molar-refractivity contribution in [1.29, 1.82) is 5.26 Å². The molecule has 2 unspecified atom stereocenters. The first-order valence-corrected chi connectivity index (χ1v) is 11.5. The predicted molar refractivity (Wildman–Crippen MR) is 129 cm³/mol. The number of nitrogens with zero attached hydrogens (tertiary/aromatic N) is 2. The highest BCUT2D eigenvalue weighted by molar-refractivity contribution is 6.30. The Labute approximate surface area is 208 Å². The minimum atomic E-state index is -4.51. The van der Waals surface area contributed by atoms with Crippen LogP contribution in [-0.2, 0) is 16.0 Å². The average Bonchev–Trinajstić information content (AvgIpc) is 2.82. The highest BCUT2D eigenvalue weighted by atomic mass is 35.5. The molecular formula is C27H26ClF3N2O2. The summed E-state index contributed by atoms with van der Waals surface area (Å²) in [5.41, 5.74) is 0.274. The van der Waals surface area contributed by atoms with Crippen LogP contribution >= 0.6 is 11.6 Å². The molecule has 4 nitrogen and oxygen atoms in total. The summed E-state index contributed by atoms with van der Waals surface area (Å²) >= 11 is 6.03. The molecule has 3 rings (SSSR count). The van der Waals surface area contributed by atoms with Crippen LogP contribution in [0.15, 0.2) is 72.1 Å². The van der Waals surface area contributed by atoms with Gasteiger partial charge in [0.15, 0.2) is 17.8 Å². The van der Waals surface area contributed by atoms with Gasteiger partial charge in [0.1, 0.15) is 0 Å². The predicted octanol–water partition coefficient (Wildman–Crippen LogP) is 6.57. The van der Waals surface area contributed by atoms with Gasteiger partial charge in [-0.15, -0.1) is 0 Å². The number of benzene rings is 2. The molecule has 8 heteroatoms. The summed E-state index contributed by atoms with van der Waals surface area (Å²) in [6, 6.07) is 16.0. The molecule has 0 saturated heterocycles. The molecule has 35 heavy (non-hydrogen) atoms. The highest BCUT2D eigenvalue weighted by Gasteiger charge is 2.40. The Hall–Kier alpha value is -3.24. The maximum atomic E-state index is 13.6. The van der Waals surface area contributed by atoms with E-state index in [2.05, 4.69) is 6.07 Å². The lowest BCUT2D eigenvalue weighted by molar-refractivity contribution is -0.127. The van der Waals surface area contributed by atoms with Gasteiger partial charge in [-0.1, -0.05) is 35.9 Å². The highest BCUT2D eigenvalue weighted by Crippen LogP contribution is 2.37. The number of rotatable bonds is 8. The normalized spacial score (nSPS) is 16.0. The lowest BCUT2D eigenvalue weighted by Crippen LogP contribution is -2.44. The maximum Gasteiger partial charge on any atom is 0.414 e. The van der Waals surface area contributed by atoms with E-state index in [1.54, 1.807) is 44.2 Å². The smallest absolute Gasteiger partial charge is 0.414 e. The van der Waals surface area contributed by atoms with Crippen LogP contribution in [0.1, 0.15) is 43.4 Å². The Morgan fingerprint density at radius 2 is 1.86 bits per heavy atom. The van der Waals surface area contributed by atoms with Gasteiger partial charge in [-0.3, -0.25) is 4.79 Å². The molecule has 2 atom stereocenters. The maximum absolute atomic E-state index is 13.6. The molecule has 1 aliphatic heterocycles. The number of allylic oxidation sites excluding steroid dienone is 2. The Morgan fingerprint density at radius 3 is 2.46 bits per heavy atom. The minimum absolute atomic E-state index is 0.181. The third-order valence-electron chi connectivity index (χ3n) is 5.95. The second-order valence-electron chi connectivity index (χ2n) is 9.06. The molecule has 0 N–H and O–H groups in total. The van der Waals surface area contributed by atoms with E-state index >= 15 is 0 Å². The lowest BCUT2D eigenvalue weighted by Gasteiger charge is -2.41. The molecular weight excluding hydrogens is 477 g/mol. The summed E-state index contributed by atoms with van der Waals surface area (Å²) in [5, 5.41) is 9.98. The van der Waals surface area contributed by atoms with Gasteiger partial charge in [0.2, 0.25) is 0 Å². The van der Waals surface area contributed by atoms with Gasteiger partial charge in [0, 0.05) is 17.0 Å². The monoisotopic (exact) mass is 502 g/mol. The molecule has 0 amide bonds. The Bertz CT molecular complexity index is 1160. The lowest BCUT2D eigenvalue weighted by atomic mass is 9.84. The van der Waals surface area contributed by atoms with E-state index in [4.69, 9.17) is 16.3 Å². The summed E-state index contributed by atoms with van der Waals surface area (Å²) in [6.45, 7) is 4.49. The number of nitriles is 1. The molecule has 1 aliphatic rings. The molecule has 2 aromatic rings. The zero-order valence-electron chi connectivity index (χ0n) is 19.6. The Morgan fingerprint density at radius 1 is 1.17 bits per heavy atom. The molecule has 184 valence electrons. The second kappa shape index (κ2) is 10.6. The van der Waals surface area contributed by atoms with Gasteiger partial charge in [-0.25, -0.2) is 0 Å². The summed E-state index contributed by atoms with van der Waals surface area (Å²) in [4.78, 5) is 13.0. The number of ether oxygens (including phenoxy) is 1. The van der Waals surface area contributed by atoms with Crippen molar-refractivity contribution in [2.75, 3.05) is 6.54 Å². The van der Waals surface area contributed by atoms with Crippen LogP contribution in [0.4, 0.5) is 13.2 Å². The van der Waals surface area contributed by atoms with E-state index in [1.807, 2.05) is 25.1 Å². The average molecular weight is 503 g/mol. The molecule has 0 fully saturated rings. The van der Waals surface area contributed by atoms with Crippen molar-refractivity contribution in [3.63, 3.8) is 0 Å². The number of carbonyl (C=O) groups excluding carboxylic acids is 1. The van der Waals surface area contributed by atoms with Crippen molar-refractivity contribution < 1.29 is 22.7 Å². The summed E-state index contributed by atoms with van der Waals surface area (Å²) in [5.74, 6) is -0.122. The molecule has 0 saturated carbocycles. The fraction of sp³-hybridized carbons (Fsp3) is 0.333. The fourth-order valence-electron chi connectivity index (χ4n) is 3.99. The Kier molecular flexibility index (Phi) is 7.97. The zero-order chi connectivity index (χ0) is 25.8. The van der Waals surface area contributed by atoms with Gasteiger partial charge in [-0.05, 0) is 74.7 Å². The third kappa shape index (κ3) is 6.67. The van der Waals surface area contributed by atoms with Gasteiger partial charge >= 0.3 is 6.18 Å². The van der Waals surface area contributed by atoms with E-state index in [0.29, 0.717) is 23.3 Å². The van der Waals surface area contributed by atoms with Crippen molar-refractivity contribution in [3.05, 3.63) is 93.9 Å². The third-order valence-corrected chi connectivity index (χ3v) is 6.21. The number of carbonyl (C=O) groups is 1. The summed E-state index contributed by atoms with van der Waals surface area (Å²) in [6.07, 6.45) is -1.16. The van der Waals surface area contributed by atoms with Gasteiger partial charge < -0.3 is 9.64 Å². The number of alkyl halides is 3. The number of hydrogen-bond acceptors (Lipinski definition) is 4. The minimum Gasteiger partial charge on any atom is -0.465 e. The van der Waals surface area contributed by atoms with E-state index in [9.17, 15) is 23.2 Å². The van der Waals surface area contributed by atoms with Gasteiger partial charge in [0.05, 0.1) is 23.8 Å². The topological polar surface area (TPSA) is 53.3 Å². The number of halogens is 4. The van der Waals surface area contributed by atoms with Crippen LogP contribution in [0.25, 0.3) is 0 Å². The van der Waals surface area contributed by atoms with E-state index < -0.39 is 29.9 Å². The van der Waals surface area contributed by atoms with Crippen molar-refractivity contribution in [3.8, 4) is 6.07 Å². The van der Waals surface area contributed by atoms with Gasteiger partial charge in [-0.2, -0.15) is 18.4 Å². The van der Waals surface area contributed by atoms with E-state index in [0.717, 1.165) is 17.2 Å². The van der Waals surface area contributed by atoms with Crippen LogP contribution in [0.2, 0.25) is 5.02 Å².